The van der Waals surface area contributed by atoms with Crippen molar-refractivity contribution >= 4 is 23.8 Å². The van der Waals surface area contributed by atoms with Gasteiger partial charge in [-0.25, -0.2) is 4.79 Å². The van der Waals surface area contributed by atoms with Gasteiger partial charge in [0.2, 0.25) is 11.8 Å². The van der Waals surface area contributed by atoms with E-state index in [9.17, 15) is 19.2 Å². The third-order valence-corrected chi connectivity index (χ3v) is 7.23. The molecule has 2 unspecified atom stereocenters. The van der Waals surface area contributed by atoms with Gasteiger partial charge in [-0.1, -0.05) is 110 Å². The molecule has 0 saturated heterocycles. The number of amides is 2. The number of hydrogen-bond donors (Lipinski definition) is 4. The Balaban J connectivity index is 4.02. The Labute approximate surface area is 254 Å². The number of aliphatic hydroxyl groups is 1. The molecule has 244 valence electrons. The fourth-order valence-corrected chi connectivity index (χ4v) is 4.63. The van der Waals surface area contributed by atoms with E-state index in [1.807, 2.05) is 6.08 Å². The van der Waals surface area contributed by atoms with Crippen molar-refractivity contribution in [3.05, 3.63) is 12.2 Å². The maximum absolute atomic E-state index is 12.4. The smallest absolute Gasteiger partial charge is 0.328 e. The SMILES string of the molecule is CCC/C=C\C(CCCCCCC(=O)NCC(=O)NC(CO)C(=O)O)OC(=O)CCCCCCCCCCCCCC. The summed E-state index contributed by atoms with van der Waals surface area (Å²) in [5.41, 5.74) is 0. The lowest BCUT2D eigenvalue weighted by atomic mass is 10.0. The van der Waals surface area contributed by atoms with Gasteiger partial charge in [-0.15, -0.1) is 0 Å². The first kappa shape index (κ1) is 39.6. The van der Waals surface area contributed by atoms with E-state index in [0.29, 0.717) is 12.8 Å². The Morgan fingerprint density at radius 3 is 1.81 bits per heavy atom. The summed E-state index contributed by atoms with van der Waals surface area (Å²) in [6.07, 6.45) is 25.8. The van der Waals surface area contributed by atoms with E-state index < -0.39 is 24.5 Å². The quantitative estimate of drug-likeness (QED) is 0.0447. The first-order chi connectivity index (χ1) is 20.3. The van der Waals surface area contributed by atoms with Crippen molar-refractivity contribution in [2.24, 2.45) is 0 Å². The number of aliphatic hydroxyl groups excluding tert-OH is 1. The molecule has 0 fully saturated rings. The number of allylic oxidation sites excluding steroid dienone is 1. The Morgan fingerprint density at radius 1 is 0.714 bits per heavy atom. The van der Waals surface area contributed by atoms with Gasteiger partial charge < -0.3 is 25.6 Å². The molecule has 0 rings (SSSR count). The summed E-state index contributed by atoms with van der Waals surface area (Å²) in [5, 5.41) is 22.4. The zero-order chi connectivity index (χ0) is 31.3. The minimum absolute atomic E-state index is 0.123. The molecule has 0 heterocycles. The number of carbonyl (C=O) groups is 4. The summed E-state index contributed by atoms with van der Waals surface area (Å²) < 4.78 is 5.77. The van der Waals surface area contributed by atoms with Gasteiger partial charge in [-0.3, -0.25) is 14.4 Å². The standard InChI is InChI=1S/C33H60N2O7/c1-3-5-7-8-9-10-11-12-13-14-15-21-25-32(39)42-28(22-18-6-4-2)23-19-16-17-20-24-30(37)34-26-31(38)35-29(27-36)33(40)41/h18,22,28-29,36H,3-17,19-21,23-27H2,1-2H3,(H,34,37)(H,35,38)(H,40,41)/b22-18-. The maximum atomic E-state index is 12.4. The van der Waals surface area contributed by atoms with Crippen LogP contribution in [0.3, 0.4) is 0 Å². The van der Waals surface area contributed by atoms with Crippen LogP contribution in [0.2, 0.25) is 0 Å². The lowest BCUT2D eigenvalue weighted by Crippen LogP contribution is -2.47. The van der Waals surface area contributed by atoms with Gasteiger partial charge in [-0.05, 0) is 38.2 Å². The Morgan fingerprint density at radius 2 is 1.26 bits per heavy atom. The van der Waals surface area contributed by atoms with Gasteiger partial charge in [0.25, 0.3) is 0 Å². The van der Waals surface area contributed by atoms with Crippen LogP contribution in [0.1, 0.15) is 149 Å². The molecule has 0 aromatic carbocycles. The summed E-state index contributed by atoms with van der Waals surface area (Å²) in [5.74, 6) is -2.41. The molecule has 0 bridgehead atoms. The monoisotopic (exact) mass is 596 g/mol. The highest BCUT2D eigenvalue weighted by Crippen LogP contribution is 2.15. The highest BCUT2D eigenvalue weighted by atomic mass is 16.5. The molecule has 42 heavy (non-hydrogen) atoms. The predicted molar refractivity (Wildman–Crippen MR) is 167 cm³/mol. The number of esters is 1. The molecule has 9 nitrogen and oxygen atoms in total. The van der Waals surface area contributed by atoms with Crippen molar-refractivity contribution in [3.63, 3.8) is 0 Å². The van der Waals surface area contributed by atoms with Crippen LogP contribution in [0.4, 0.5) is 0 Å². The Bertz CT molecular complexity index is 742. The molecule has 4 N–H and O–H groups in total. The minimum atomic E-state index is -1.39. The lowest BCUT2D eigenvalue weighted by Gasteiger charge is -2.15. The largest absolute Gasteiger partial charge is 0.480 e. The first-order valence-corrected chi connectivity index (χ1v) is 16.6. The molecule has 0 spiro atoms. The van der Waals surface area contributed by atoms with Crippen LogP contribution in [0.15, 0.2) is 12.2 Å². The van der Waals surface area contributed by atoms with E-state index in [4.69, 9.17) is 14.9 Å². The number of aliphatic carboxylic acids is 1. The van der Waals surface area contributed by atoms with Crippen LogP contribution in [0, 0.1) is 0 Å². The minimum Gasteiger partial charge on any atom is -0.480 e. The van der Waals surface area contributed by atoms with Crippen LogP contribution in [-0.2, 0) is 23.9 Å². The molecule has 0 saturated carbocycles. The molecule has 0 aromatic rings. The first-order valence-electron chi connectivity index (χ1n) is 16.6. The molecule has 9 heteroatoms. The normalized spacial score (nSPS) is 12.6. The molecule has 2 amide bonds. The summed E-state index contributed by atoms with van der Waals surface area (Å²) in [6.45, 7) is 3.31. The maximum Gasteiger partial charge on any atom is 0.328 e. The third-order valence-electron chi connectivity index (χ3n) is 7.23. The third kappa shape index (κ3) is 25.3. The van der Waals surface area contributed by atoms with E-state index in [1.54, 1.807) is 0 Å². The van der Waals surface area contributed by atoms with E-state index in [0.717, 1.165) is 51.4 Å². The molecule has 0 aliphatic rings. The second kappa shape index (κ2) is 28.7. The number of rotatable bonds is 29. The highest BCUT2D eigenvalue weighted by Gasteiger charge is 2.18. The van der Waals surface area contributed by atoms with Crippen molar-refractivity contribution in [2.45, 2.75) is 161 Å². The lowest BCUT2D eigenvalue weighted by molar-refractivity contribution is -0.147. The zero-order valence-electron chi connectivity index (χ0n) is 26.5. The molecule has 0 radical (unpaired) electrons. The summed E-state index contributed by atoms with van der Waals surface area (Å²) in [4.78, 5) is 46.9. The molecule has 0 aliphatic carbocycles. The number of nitrogens with one attached hydrogen (secondary N) is 2. The van der Waals surface area contributed by atoms with Crippen LogP contribution >= 0.6 is 0 Å². The number of unbranched alkanes of at least 4 members (excludes halogenated alkanes) is 15. The molecule has 0 aliphatic heterocycles. The number of carboxylic acids is 1. The second-order valence-corrected chi connectivity index (χ2v) is 11.3. The second-order valence-electron chi connectivity index (χ2n) is 11.3. The Hall–Kier alpha value is -2.42. The molecule has 0 aromatic heterocycles. The van der Waals surface area contributed by atoms with Crippen molar-refractivity contribution < 1.29 is 34.1 Å². The van der Waals surface area contributed by atoms with Crippen molar-refractivity contribution in [1.82, 2.24) is 10.6 Å². The van der Waals surface area contributed by atoms with Crippen molar-refractivity contribution in [1.29, 1.82) is 0 Å². The summed E-state index contributed by atoms with van der Waals surface area (Å²) >= 11 is 0. The van der Waals surface area contributed by atoms with Crippen molar-refractivity contribution in [2.75, 3.05) is 13.2 Å². The van der Waals surface area contributed by atoms with Gasteiger partial charge in [0, 0.05) is 12.8 Å². The zero-order valence-corrected chi connectivity index (χ0v) is 26.5. The molecular formula is C33H60N2O7. The number of carboxylic acid groups (broad SMARTS) is 1. The highest BCUT2D eigenvalue weighted by molar-refractivity contribution is 5.87. The fourth-order valence-electron chi connectivity index (χ4n) is 4.63. The van der Waals surface area contributed by atoms with E-state index in [1.165, 1.54) is 64.2 Å². The predicted octanol–water partition coefficient (Wildman–Crippen LogP) is 6.36. The average molecular weight is 597 g/mol. The van der Waals surface area contributed by atoms with Crippen LogP contribution in [0.25, 0.3) is 0 Å². The number of hydrogen-bond acceptors (Lipinski definition) is 6. The van der Waals surface area contributed by atoms with Gasteiger partial charge in [0.1, 0.15) is 12.1 Å². The molecular weight excluding hydrogens is 536 g/mol. The molecule has 2 atom stereocenters. The van der Waals surface area contributed by atoms with Crippen LogP contribution < -0.4 is 10.6 Å². The summed E-state index contributed by atoms with van der Waals surface area (Å²) in [6, 6.07) is -1.39. The van der Waals surface area contributed by atoms with E-state index in [2.05, 4.69) is 30.6 Å². The van der Waals surface area contributed by atoms with Gasteiger partial charge in [-0.2, -0.15) is 0 Å². The number of carbonyl (C=O) groups excluding carboxylic acids is 3. The van der Waals surface area contributed by atoms with Crippen LogP contribution in [0.5, 0.6) is 0 Å². The van der Waals surface area contributed by atoms with E-state index in [-0.39, 0.29) is 30.9 Å². The average Bonchev–Trinajstić information content (AvgIpc) is 2.96. The van der Waals surface area contributed by atoms with Crippen LogP contribution in [-0.4, -0.2) is 59.3 Å². The topological polar surface area (TPSA) is 142 Å². The fraction of sp³-hybridized carbons (Fsp3) is 0.818. The summed E-state index contributed by atoms with van der Waals surface area (Å²) in [7, 11) is 0. The van der Waals surface area contributed by atoms with Gasteiger partial charge in [0.05, 0.1) is 13.2 Å². The Kier molecular flexibility index (Phi) is 27.0. The van der Waals surface area contributed by atoms with Gasteiger partial charge >= 0.3 is 11.9 Å². The van der Waals surface area contributed by atoms with Crippen molar-refractivity contribution in [3.8, 4) is 0 Å². The number of ether oxygens (including phenoxy) is 1. The van der Waals surface area contributed by atoms with Gasteiger partial charge in [0.15, 0.2) is 0 Å². The van der Waals surface area contributed by atoms with E-state index >= 15 is 0 Å².